The van der Waals surface area contributed by atoms with Crippen LogP contribution >= 0.6 is 31.9 Å². The van der Waals surface area contributed by atoms with Crippen molar-refractivity contribution in [1.82, 2.24) is 10.2 Å². The third-order valence-electron chi connectivity index (χ3n) is 2.33. The second kappa shape index (κ2) is 5.01. The minimum Gasteiger partial charge on any atom is -0.380 e. The molecule has 2 N–H and O–H groups in total. The molecule has 0 atom stereocenters. The van der Waals surface area contributed by atoms with Crippen LogP contribution in [0.4, 0.5) is 5.69 Å². The van der Waals surface area contributed by atoms with Gasteiger partial charge in [-0.2, -0.15) is 5.10 Å². The summed E-state index contributed by atoms with van der Waals surface area (Å²) in [5, 5.41) is 10.3. The summed E-state index contributed by atoms with van der Waals surface area (Å²) in [7, 11) is 0. The quantitative estimate of drug-likeness (QED) is 0.887. The van der Waals surface area contributed by atoms with E-state index in [9.17, 15) is 0 Å². The molecule has 0 aliphatic carbocycles. The zero-order chi connectivity index (χ0) is 11.5. The van der Waals surface area contributed by atoms with Crippen molar-refractivity contribution in [3.63, 3.8) is 0 Å². The number of aromatic amines is 1. The van der Waals surface area contributed by atoms with Gasteiger partial charge in [0, 0.05) is 32.4 Å². The van der Waals surface area contributed by atoms with Gasteiger partial charge >= 0.3 is 0 Å². The average Bonchev–Trinajstić information content (AvgIpc) is 2.66. The van der Waals surface area contributed by atoms with E-state index in [0.717, 1.165) is 26.9 Å². The van der Waals surface area contributed by atoms with Crippen molar-refractivity contribution in [3.8, 4) is 0 Å². The maximum atomic E-state index is 3.99. The average molecular weight is 345 g/mol. The highest BCUT2D eigenvalue weighted by atomic mass is 79.9. The molecule has 0 saturated heterocycles. The van der Waals surface area contributed by atoms with Gasteiger partial charge in [-0.15, -0.1) is 0 Å². The molecule has 0 radical (unpaired) electrons. The Balaban J connectivity index is 2.10. The van der Waals surface area contributed by atoms with Crippen LogP contribution in [-0.4, -0.2) is 10.2 Å². The number of H-pyrrole nitrogens is 1. The minimum atomic E-state index is 0.761. The fraction of sp³-hybridized carbons (Fsp3) is 0.182. The molecule has 84 valence electrons. The molecule has 5 heteroatoms. The fourth-order valence-corrected chi connectivity index (χ4v) is 2.13. The number of nitrogens with one attached hydrogen (secondary N) is 2. The maximum Gasteiger partial charge on any atom is 0.0539 e. The summed E-state index contributed by atoms with van der Waals surface area (Å²) in [5.41, 5.74) is 3.33. The smallest absolute Gasteiger partial charge is 0.0539 e. The van der Waals surface area contributed by atoms with Gasteiger partial charge in [0.25, 0.3) is 0 Å². The number of aryl methyl sites for hydroxylation is 1. The zero-order valence-corrected chi connectivity index (χ0v) is 11.9. The number of hydrogen-bond acceptors (Lipinski definition) is 2. The first kappa shape index (κ1) is 11.7. The van der Waals surface area contributed by atoms with Crippen LogP contribution in [0.5, 0.6) is 0 Å². The standard InChI is InChI=1S/C11H11Br2N3/c1-7-8(6-15-16-7)5-14-11-4-9(12)2-3-10(11)13/h2-4,6,14H,5H2,1H3,(H,15,16). The molecule has 0 spiro atoms. The van der Waals surface area contributed by atoms with E-state index in [1.54, 1.807) is 0 Å². The second-order valence-corrected chi connectivity index (χ2v) is 5.27. The summed E-state index contributed by atoms with van der Waals surface area (Å²) >= 11 is 6.96. The van der Waals surface area contributed by atoms with Crippen LogP contribution in [0.25, 0.3) is 0 Å². The van der Waals surface area contributed by atoms with Gasteiger partial charge in [-0.05, 0) is 41.1 Å². The van der Waals surface area contributed by atoms with E-state index >= 15 is 0 Å². The summed E-state index contributed by atoms with van der Waals surface area (Å²) in [6.07, 6.45) is 1.84. The molecule has 0 amide bonds. The van der Waals surface area contributed by atoms with E-state index in [2.05, 4.69) is 47.4 Å². The van der Waals surface area contributed by atoms with Crippen molar-refractivity contribution in [2.45, 2.75) is 13.5 Å². The first-order valence-electron chi connectivity index (χ1n) is 4.84. The molecule has 0 unspecified atom stereocenters. The molecular weight excluding hydrogens is 334 g/mol. The van der Waals surface area contributed by atoms with Gasteiger partial charge in [0.1, 0.15) is 0 Å². The van der Waals surface area contributed by atoms with Crippen molar-refractivity contribution in [3.05, 3.63) is 44.6 Å². The number of aromatic nitrogens is 2. The normalized spacial score (nSPS) is 10.4. The first-order chi connectivity index (χ1) is 7.66. The lowest BCUT2D eigenvalue weighted by atomic mass is 10.2. The van der Waals surface area contributed by atoms with Crippen LogP contribution in [0.15, 0.2) is 33.3 Å². The summed E-state index contributed by atoms with van der Waals surface area (Å²) < 4.78 is 2.11. The number of anilines is 1. The molecule has 1 aromatic heterocycles. The number of hydrogen-bond donors (Lipinski definition) is 2. The number of benzene rings is 1. The molecule has 0 fully saturated rings. The van der Waals surface area contributed by atoms with Crippen molar-refractivity contribution in [2.24, 2.45) is 0 Å². The highest BCUT2D eigenvalue weighted by Gasteiger charge is 2.03. The Hall–Kier alpha value is -0.810. The summed E-state index contributed by atoms with van der Waals surface area (Å²) in [4.78, 5) is 0. The van der Waals surface area contributed by atoms with Crippen LogP contribution in [0.2, 0.25) is 0 Å². The van der Waals surface area contributed by atoms with E-state index in [0.29, 0.717) is 0 Å². The van der Waals surface area contributed by atoms with Crippen LogP contribution in [0.1, 0.15) is 11.3 Å². The van der Waals surface area contributed by atoms with Gasteiger partial charge < -0.3 is 5.32 Å². The molecular formula is C11H11Br2N3. The van der Waals surface area contributed by atoms with Gasteiger partial charge in [0.05, 0.1) is 6.20 Å². The molecule has 0 aliphatic rings. The van der Waals surface area contributed by atoms with Crippen molar-refractivity contribution in [1.29, 1.82) is 0 Å². The Morgan fingerprint density at radius 3 is 2.88 bits per heavy atom. The summed E-state index contributed by atoms with van der Waals surface area (Å²) in [6, 6.07) is 6.05. The largest absolute Gasteiger partial charge is 0.380 e. The van der Waals surface area contributed by atoms with Gasteiger partial charge in [-0.3, -0.25) is 5.10 Å². The molecule has 0 aliphatic heterocycles. The van der Waals surface area contributed by atoms with Crippen LogP contribution in [0, 0.1) is 6.92 Å². The van der Waals surface area contributed by atoms with E-state index < -0.39 is 0 Å². The number of rotatable bonds is 3. The van der Waals surface area contributed by atoms with Gasteiger partial charge in [-0.1, -0.05) is 15.9 Å². The lowest BCUT2D eigenvalue weighted by Crippen LogP contribution is -2.00. The third kappa shape index (κ3) is 2.65. The van der Waals surface area contributed by atoms with Crippen LogP contribution in [-0.2, 0) is 6.54 Å². The molecule has 3 nitrogen and oxygen atoms in total. The van der Waals surface area contributed by atoms with Crippen LogP contribution < -0.4 is 5.32 Å². The van der Waals surface area contributed by atoms with Gasteiger partial charge in [-0.25, -0.2) is 0 Å². The third-order valence-corrected chi connectivity index (χ3v) is 3.52. The molecule has 2 rings (SSSR count). The van der Waals surface area contributed by atoms with Gasteiger partial charge in [0.2, 0.25) is 0 Å². The van der Waals surface area contributed by atoms with Crippen molar-refractivity contribution >= 4 is 37.5 Å². The van der Waals surface area contributed by atoms with Gasteiger partial charge in [0.15, 0.2) is 0 Å². The first-order valence-corrected chi connectivity index (χ1v) is 6.43. The Morgan fingerprint density at radius 1 is 1.38 bits per heavy atom. The van der Waals surface area contributed by atoms with Crippen LogP contribution in [0.3, 0.4) is 0 Å². The number of nitrogens with zero attached hydrogens (tertiary/aromatic N) is 1. The van der Waals surface area contributed by atoms with Crippen molar-refractivity contribution < 1.29 is 0 Å². The Bertz CT molecular complexity index is 494. The lowest BCUT2D eigenvalue weighted by Gasteiger charge is -2.08. The highest BCUT2D eigenvalue weighted by Crippen LogP contribution is 2.26. The SMILES string of the molecule is Cc1[nH]ncc1CNc1cc(Br)ccc1Br. The van der Waals surface area contributed by atoms with Crippen molar-refractivity contribution in [2.75, 3.05) is 5.32 Å². The molecule has 1 aromatic carbocycles. The molecule has 0 saturated carbocycles. The summed E-state index contributed by atoms with van der Waals surface area (Å²) in [6.45, 7) is 2.78. The second-order valence-electron chi connectivity index (χ2n) is 3.50. The minimum absolute atomic E-state index is 0.761. The lowest BCUT2D eigenvalue weighted by molar-refractivity contribution is 1.04. The highest BCUT2D eigenvalue weighted by molar-refractivity contribution is 9.11. The van der Waals surface area contributed by atoms with E-state index in [4.69, 9.17) is 0 Å². The number of halogens is 2. The zero-order valence-electron chi connectivity index (χ0n) is 8.72. The monoisotopic (exact) mass is 343 g/mol. The Labute approximate surface area is 111 Å². The Kier molecular flexibility index (Phi) is 3.66. The maximum absolute atomic E-state index is 3.99. The summed E-state index contributed by atoms with van der Waals surface area (Å²) in [5.74, 6) is 0. The molecule has 0 bridgehead atoms. The van der Waals surface area contributed by atoms with E-state index in [1.807, 2.05) is 31.3 Å². The van der Waals surface area contributed by atoms with E-state index in [-0.39, 0.29) is 0 Å². The Morgan fingerprint density at radius 2 is 2.19 bits per heavy atom. The predicted molar refractivity (Wildman–Crippen MR) is 72.5 cm³/mol. The van der Waals surface area contributed by atoms with E-state index in [1.165, 1.54) is 5.56 Å². The fourth-order valence-electron chi connectivity index (χ4n) is 1.38. The molecule has 16 heavy (non-hydrogen) atoms. The molecule has 2 aromatic rings. The molecule has 1 heterocycles. The topological polar surface area (TPSA) is 40.7 Å². The predicted octanol–water partition coefficient (Wildman–Crippen LogP) is 3.86.